The second-order valence-electron chi connectivity index (χ2n) is 6.23. The topological polar surface area (TPSA) is 109 Å². The Kier molecular flexibility index (Phi) is 5.08. The molecule has 0 aromatic carbocycles. The van der Waals surface area contributed by atoms with E-state index in [1.54, 1.807) is 6.07 Å². The first-order chi connectivity index (χ1) is 10.8. The molecule has 1 atom stereocenters. The van der Waals surface area contributed by atoms with Gasteiger partial charge in [-0.3, -0.25) is 9.59 Å². The van der Waals surface area contributed by atoms with Crippen LogP contribution < -0.4 is 10.6 Å². The van der Waals surface area contributed by atoms with E-state index in [4.69, 9.17) is 4.42 Å². The maximum atomic E-state index is 12.3. The van der Waals surface area contributed by atoms with Gasteiger partial charge in [0.05, 0.1) is 6.26 Å². The van der Waals surface area contributed by atoms with Crippen LogP contribution in [0.15, 0.2) is 22.8 Å². The van der Waals surface area contributed by atoms with Gasteiger partial charge in [0.25, 0.3) is 5.91 Å². The normalized spacial score (nSPS) is 25.4. The lowest BCUT2D eigenvalue weighted by Crippen LogP contribution is -2.60. The third-order valence-electron chi connectivity index (χ3n) is 4.39. The summed E-state index contributed by atoms with van der Waals surface area (Å²) in [5.74, 6) is -1.50. The highest BCUT2D eigenvalue weighted by Gasteiger charge is 2.43. The lowest BCUT2D eigenvalue weighted by molar-refractivity contribution is -0.149. The highest BCUT2D eigenvalue weighted by Crippen LogP contribution is 2.32. The quantitative estimate of drug-likeness (QED) is 0.762. The molecule has 1 aliphatic rings. The number of hydrogen-bond donors (Lipinski definition) is 3. The standard InChI is InChI=1S/C16H22N2O5/c1-10-5-7-16(8-6-10,15(21)22)18-13(19)11(2)17-14(20)12-4-3-9-23-12/h3-4,9-11H,5-8H2,1-2H3,(H,17,20)(H,18,19)(H,21,22). The highest BCUT2D eigenvalue weighted by atomic mass is 16.4. The Morgan fingerprint density at radius 2 is 2.00 bits per heavy atom. The van der Waals surface area contributed by atoms with Gasteiger partial charge in [-0.05, 0) is 50.7 Å². The third-order valence-corrected chi connectivity index (χ3v) is 4.39. The van der Waals surface area contributed by atoms with Gasteiger partial charge in [0.2, 0.25) is 5.91 Å². The van der Waals surface area contributed by atoms with E-state index >= 15 is 0 Å². The van der Waals surface area contributed by atoms with Gasteiger partial charge in [-0.1, -0.05) is 6.92 Å². The van der Waals surface area contributed by atoms with Crippen molar-refractivity contribution in [1.82, 2.24) is 10.6 Å². The number of hydrogen-bond acceptors (Lipinski definition) is 4. The molecule has 1 saturated carbocycles. The second-order valence-corrected chi connectivity index (χ2v) is 6.23. The fourth-order valence-corrected chi connectivity index (χ4v) is 2.73. The molecular formula is C16H22N2O5. The molecule has 1 unspecified atom stereocenters. The number of carboxylic acids is 1. The molecule has 0 saturated heterocycles. The Morgan fingerprint density at radius 1 is 1.35 bits per heavy atom. The monoisotopic (exact) mass is 322 g/mol. The Hall–Kier alpha value is -2.31. The summed E-state index contributed by atoms with van der Waals surface area (Å²) in [5.41, 5.74) is -1.24. The zero-order valence-electron chi connectivity index (χ0n) is 13.3. The number of nitrogens with one attached hydrogen (secondary N) is 2. The minimum Gasteiger partial charge on any atom is -0.480 e. The molecule has 0 bridgehead atoms. The molecule has 1 aliphatic carbocycles. The maximum Gasteiger partial charge on any atom is 0.329 e. The minimum atomic E-state index is -1.24. The molecule has 2 rings (SSSR count). The van der Waals surface area contributed by atoms with E-state index < -0.39 is 29.4 Å². The SMILES string of the molecule is CC1CCC(NC(=O)C(C)NC(=O)c2ccco2)(C(=O)O)CC1. The summed E-state index contributed by atoms with van der Waals surface area (Å²) in [7, 11) is 0. The molecule has 0 radical (unpaired) electrons. The number of rotatable bonds is 5. The van der Waals surface area contributed by atoms with Crippen LogP contribution in [0.3, 0.4) is 0 Å². The van der Waals surface area contributed by atoms with Gasteiger partial charge in [-0.2, -0.15) is 0 Å². The summed E-state index contributed by atoms with van der Waals surface area (Å²) in [5, 5.41) is 14.6. The number of aliphatic carboxylic acids is 1. The van der Waals surface area contributed by atoms with Crippen LogP contribution in [-0.4, -0.2) is 34.5 Å². The highest BCUT2D eigenvalue weighted by molar-refractivity contribution is 5.96. The molecular weight excluding hydrogens is 300 g/mol. The first-order valence-electron chi connectivity index (χ1n) is 7.74. The van der Waals surface area contributed by atoms with E-state index in [1.165, 1.54) is 19.3 Å². The van der Waals surface area contributed by atoms with E-state index in [9.17, 15) is 19.5 Å². The minimum absolute atomic E-state index is 0.101. The van der Waals surface area contributed by atoms with Crippen molar-refractivity contribution in [2.75, 3.05) is 0 Å². The maximum absolute atomic E-state index is 12.3. The number of furan rings is 1. The molecule has 2 amide bonds. The molecule has 0 aliphatic heterocycles. The zero-order valence-corrected chi connectivity index (χ0v) is 13.3. The van der Waals surface area contributed by atoms with Gasteiger partial charge in [-0.25, -0.2) is 4.79 Å². The van der Waals surface area contributed by atoms with Crippen LogP contribution in [-0.2, 0) is 9.59 Å². The van der Waals surface area contributed by atoms with Crippen LogP contribution in [0.5, 0.6) is 0 Å². The van der Waals surface area contributed by atoms with Crippen molar-refractivity contribution in [3.8, 4) is 0 Å². The van der Waals surface area contributed by atoms with Crippen LogP contribution in [0.2, 0.25) is 0 Å². The molecule has 1 aromatic rings. The lowest BCUT2D eigenvalue weighted by Gasteiger charge is -2.37. The first kappa shape index (κ1) is 17.1. The predicted molar refractivity (Wildman–Crippen MR) is 81.8 cm³/mol. The summed E-state index contributed by atoms with van der Waals surface area (Å²) in [6, 6.07) is 2.20. The molecule has 7 heteroatoms. The largest absolute Gasteiger partial charge is 0.480 e. The molecule has 7 nitrogen and oxygen atoms in total. The van der Waals surface area contributed by atoms with E-state index in [-0.39, 0.29) is 5.76 Å². The van der Waals surface area contributed by atoms with Gasteiger partial charge < -0.3 is 20.2 Å². The van der Waals surface area contributed by atoms with Gasteiger partial charge in [-0.15, -0.1) is 0 Å². The van der Waals surface area contributed by atoms with Crippen molar-refractivity contribution < 1.29 is 23.9 Å². The average molecular weight is 322 g/mol. The van der Waals surface area contributed by atoms with Crippen molar-refractivity contribution in [2.45, 2.75) is 51.1 Å². The van der Waals surface area contributed by atoms with E-state index in [0.29, 0.717) is 18.8 Å². The van der Waals surface area contributed by atoms with Crippen LogP contribution in [0.25, 0.3) is 0 Å². The molecule has 1 heterocycles. The molecule has 3 N–H and O–H groups in total. The fraction of sp³-hybridized carbons (Fsp3) is 0.562. The summed E-state index contributed by atoms with van der Waals surface area (Å²) >= 11 is 0. The fourth-order valence-electron chi connectivity index (χ4n) is 2.73. The Morgan fingerprint density at radius 3 is 2.52 bits per heavy atom. The molecule has 1 fully saturated rings. The number of carboxylic acid groups (broad SMARTS) is 1. The average Bonchev–Trinajstić information content (AvgIpc) is 3.03. The van der Waals surface area contributed by atoms with Crippen LogP contribution in [0.1, 0.15) is 50.1 Å². The smallest absolute Gasteiger partial charge is 0.329 e. The van der Waals surface area contributed by atoms with Gasteiger partial charge in [0, 0.05) is 0 Å². The van der Waals surface area contributed by atoms with Crippen molar-refractivity contribution in [3.05, 3.63) is 24.2 Å². The van der Waals surface area contributed by atoms with E-state index in [2.05, 4.69) is 17.6 Å². The summed E-state index contributed by atoms with van der Waals surface area (Å²) in [6.07, 6.45) is 3.66. The zero-order chi connectivity index (χ0) is 17.0. The van der Waals surface area contributed by atoms with E-state index in [0.717, 1.165) is 12.8 Å². The molecule has 23 heavy (non-hydrogen) atoms. The van der Waals surface area contributed by atoms with Crippen LogP contribution >= 0.6 is 0 Å². The number of carbonyl (C=O) groups excluding carboxylic acids is 2. The van der Waals surface area contributed by atoms with Crippen molar-refractivity contribution in [1.29, 1.82) is 0 Å². The van der Waals surface area contributed by atoms with Gasteiger partial charge in [0.15, 0.2) is 5.76 Å². The summed E-state index contributed by atoms with van der Waals surface area (Å²) in [4.78, 5) is 35.8. The first-order valence-corrected chi connectivity index (χ1v) is 7.74. The van der Waals surface area contributed by atoms with Crippen LogP contribution in [0, 0.1) is 5.92 Å². The Bertz CT molecular complexity index is 573. The molecule has 1 aromatic heterocycles. The third kappa shape index (κ3) is 3.91. The van der Waals surface area contributed by atoms with Gasteiger partial charge >= 0.3 is 5.97 Å². The predicted octanol–water partition coefficient (Wildman–Crippen LogP) is 1.55. The Labute approximate surface area is 134 Å². The van der Waals surface area contributed by atoms with Crippen molar-refractivity contribution >= 4 is 17.8 Å². The summed E-state index contributed by atoms with van der Waals surface area (Å²) in [6.45, 7) is 3.58. The summed E-state index contributed by atoms with van der Waals surface area (Å²) < 4.78 is 4.96. The Balaban J connectivity index is 1.98. The number of amides is 2. The van der Waals surface area contributed by atoms with Gasteiger partial charge in [0.1, 0.15) is 11.6 Å². The number of carbonyl (C=O) groups is 3. The van der Waals surface area contributed by atoms with E-state index in [1.807, 2.05) is 0 Å². The van der Waals surface area contributed by atoms with Crippen molar-refractivity contribution in [3.63, 3.8) is 0 Å². The molecule has 0 spiro atoms. The van der Waals surface area contributed by atoms with Crippen LogP contribution in [0.4, 0.5) is 0 Å². The lowest BCUT2D eigenvalue weighted by atomic mass is 9.77. The second kappa shape index (κ2) is 6.85. The van der Waals surface area contributed by atoms with Crippen molar-refractivity contribution in [2.24, 2.45) is 5.92 Å². The molecule has 126 valence electrons.